The number of hydrogen-bond acceptors (Lipinski definition) is 1. The summed E-state index contributed by atoms with van der Waals surface area (Å²) in [4.78, 5) is 0. The molecule has 0 aromatic heterocycles. The van der Waals surface area contributed by atoms with Crippen molar-refractivity contribution in [2.75, 3.05) is 0 Å². The van der Waals surface area contributed by atoms with Gasteiger partial charge < -0.3 is 0 Å². The van der Waals surface area contributed by atoms with E-state index in [9.17, 15) is 0 Å². The van der Waals surface area contributed by atoms with Gasteiger partial charge in [0.1, 0.15) is 0 Å². The lowest BCUT2D eigenvalue weighted by Gasteiger charge is -1.88. The number of nitrogens with zero attached hydrogens (tertiary/aromatic N) is 1. The van der Waals surface area contributed by atoms with Crippen molar-refractivity contribution in [1.29, 1.82) is 5.26 Å². The average molecular weight is 92.1 g/mol. The third kappa shape index (κ3) is 0.806. The van der Waals surface area contributed by atoms with Crippen LogP contribution in [-0.4, -0.2) is 0 Å². The second-order valence-electron chi connectivity index (χ2n) is 1.59. The Bertz CT molecular complexity index is 111. The first-order valence-electron chi connectivity index (χ1n) is 2.33. The van der Waals surface area contributed by atoms with Gasteiger partial charge in [0.15, 0.2) is 0 Å². The highest BCUT2D eigenvalue weighted by Gasteiger charge is 2.06. The van der Waals surface area contributed by atoms with Crippen molar-refractivity contribution >= 4 is 0 Å². The Morgan fingerprint density at radius 2 is 2.57 bits per heavy atom. The van der Waals surface area contributed by atoms with Crippen molar-refractivity contribution < 1.29 is 0 Å². The highest BCUT2D eigenvalue weighted by atomic mass is 14.3. The molecule has 0 aliphatic heterocycles. The van der Waals surface area contributed by atoms with Gasteiger partial charge in [-0.2, -0.15) is 5.26 Å². The summed E-state index contributed by atoms with van der Waals surface area (Å²) in [5, 5.41) is 8.24. The van der Waals surface area contributed by atoms with Crippen molar-refractivity contribution in [1.82, 2.24) is 0 Å². The summed E-state index contributed by atoms with van der Waals surface area (Å²) < 4.78 is 0. The molecule has 0 aromatic carbocycles. The van der Waals surface area contributed by atoms with Crippen molar-refractivity contribution in [3.05, 3.63) is 18.6 Å². The van der Waals surface area contributed by atoms with Crippen LogP contribution in [-0.2, 0) is 0 Å². The van der Waals surface area contributed by atoms with Gasteiger partial charge in [0.05, 0.1) is 12.0 Å². The quantitative estimate of drug-likeness (QED) is 0.441. The Balaban J connectivity index is 2.39. The molecule has 1 nitrogen and oxygen atoms in total. The van der Waals surface area contributed by atoms with Gasteiger partial charge in [-0.3, -0.25) is 0 Å². The highest BCUT2D eigenvalue weighted by Crippen LogP contribution is 2.13. The molecule has 1 aliphatic rings. The van der Waals surface area contributed by atoms with E-state index < -0.39 is 0 Å². The maximum atomic E-state index is 8.24. The third-order valence-electron chi connectivity index (χ3n) is 1.04. The summed E-state index contributed by atoms with van der Waals surface area (Å²) in [6.07, 6.45) is 6.78. The summed E-state index contributed by atoms with van der Waals surface area (Å²) in [6, 6.07) is 2.15. The molecule has 1 radical (unpaired) electrons. The molecule has 1 heteroatoms. The fraction of sp³-hybridized carbons (Fsp3) is 0.333. The fourth-order valence-corrected chi connectivity index (χ4v) is 0.612. The van der Waals surface area contributed by atoms with Gasteiger partial charge in [-0.25, -0.2) is 0 Å². The summed E-state index contributed by atoms with van der Waals surface area (Å²) in [5.41, 5.74) is 0. The maximum absolute atomic E-state index is 8.24. The van der Waals surface area contributed by atoms with Crippen LogP contribution in [0, 0.1) is 23.7 Å². The van der Waals surface area contributed by atoms with Crippen molar-refractivity contribution in [3.63, 3.8) is 0 Å². The average Bonchev–Trinajstić information content (AvgIpc) is 2.14. The van der Waals surface area contributed by atoms with Crippen molar-refractivity contribution in [3.8, 4) is 6.07 Å². The van der Waals surface area contributed by atoms with Crippen LogP contribution in [0.2, 0.25) is 0 Å². The predicted molar refractivity (Wildman–Crippen MR) is 27.2 cm³/mol. The van der Waals surface area contributed by atoms with Gasteiger partial charge in [-0.15, -0.1) is 0 Å². The Labute approximate surface area is 43.3 Å². The summed E-state index contributed by atoms with van der Waals surface area (Å²) >= 11 is 0. The lowest BCUT2D eigenvalue weighted by Crippen LogP contribution is -1.85. The number of allylic oxidation sites excluding steroid dienone is 2. The second kappa shape index (κ2) is 1.79. The van der Waals surface area contributed by atoms with E-state index >= 15 is 0 Å². The van der Waals surface area contributed by atoms with Crippen LogP contribution in [0.4, 0.5) is 0 Å². The smallest absolute Gasteiger partial charge is 0.0665 e. The van der Waals surface area contributed by atoms with Crippen LogP contribution < -0.4 is 0 Å². The van der Waals surface area contributed by atoms with Crippen LogP contribution in [0.3, 0.4) is 0 Å². The van der Waals surface area contributed by atoms with Crippen LogP contribution in [0.1, 0.15) is 6.42 Å². The van der Waals surface area contributed by atoms with Crippen LogP contribution in [0.5, 0.6) is 0 Å². The Morgan fingerprint density at radius 3 is 2.86 bits per heavy atom. The monoisotopic (exact) mass is 92.1 g/mol. The van der Waals surface area contributed by atoms with E-state index in [1.165, 1.54) is 0 Å². The molecule has 1 rings (SSSR count). The lowest BCUT2D eigenvalue weighted by atomic mass is 10.1. The first-order chi connectivity index (χ1) is 3.43. The first kappa shape index (κ1) is 4.39. The zero-order valence-corrected chi connectivity index (χ0v) is 3.96. The minimum atomic E-state index is 0.167. The molecule has 0 amide bonds. The number of rotatable bonds is 0. The highest BCUT2D eigenvalue weighted by molar-refractivity contribution is 5.14. The summed E-state index contributed by atoms with van der Waals surface area (Å²) in [6.45, 7) is 0. The lowest BCUT2D eigenvalue weighted by molar-refractivity contribution is 0.843. The summed E-state index contributed by atoms with van der Waals surface area (Å²) in [5.74, 6) is 0.167. The molecule has 0 spiro atoms. The Morgan fingerprint density at radius 1 is 1.71 bits per heavy atom. The van der Waals surface area contributed by atoms with Gasteiger partial charge in [-0.1, -0.05) is 12.2 Å². The maximum Gasteiger partial charge on any atom is 0.0665 e. The molecule has 1 aliphatic carbocycles. The SMILES string of the molecule is N#CC1[CH]C=CC1. The molecular formula is C6H6N. The molecule has 0 bridgehead atoms. The molecule has 1 atom stereocenters. The molecule has 35 valence electrons. The molecule has 0 saturated carbocycles. The molecule has 7 heavy (non-hydrogen) atoms. The fourth-order valence-electron chi connectivity index (χ4n) is 0.612. The van der Waals surface area contributed by atoms with Crippen molar-refractivity contribution in [2.24, 2.45) is 5.92 Å². The van der Waals surface area contributed by atoms with E-state index in [1.54, 1.807) is 0 Å². The predicted octanol–water partition coefficient (Wildman–Crippen LogP) is 1.29. The molecule has 0 N–H and O–H groups in total. The van der Waals surface area contributed by atoms with E-state index in [4.69, 9.17) is 5.26 Å². The molecule has 0 aromatic rings. The normalized spacial score (nSPS) is 19.9. The number of hydrogen-bond donors (Lipinski definition) is 0. The van der Waals surface area contributed by atoms with Crippen LogP contribution >= 0.6 is 0 Å². The molecule has 1 unspecified atom stereocenters. The van der Waals surface area contributed by atoms with Crippen molar-refractivity contribution in [2.45, 2.75) is 6.42 Å². The Hall–Kier alpha value is -0.770. The van der Waals surface area contributed by atoms with E-state index in [1.807, 2.05) is 18.6 Å². The third-order valence-corrected chi connectivity index (χ3v) is 1.04. The van der Waals surface area contributed by atoms with E-state index in [2.05, 4.69) is 6.07 Å². The van der Waals surface area contributed by atoms with Gasteiger partial charge in [0.2, 0.25) is 0 Å². The van der Waals surface area contributed by atoms with Gasteiger partial charge in [0.25, 0.3) is 0 Å². The Kier molecular flexibility index (Phi) is 1.12. The minimum Gasteiger partial charge on any atom is -0.198 e. The standard InChI is InChI=1S/C6H6N/c7-5-6-3-1-2-4-6/h1-3,6H,4H2. The van der Waals surface area contributed by atoms with Gasteiger partial charge in [-0.05, 0) is 6.42 Å². The van der Waals surface area contributed by atoms with Crippen LogP contribution in [0.15, 0.2) is 12.2 Å². The molecule has 0 heterocycles. The van der Waals surface area contributed by atoms with E-state index in [0.29, 0.717) is 0 Å². The zero-order valence-electron chi connectivity index (χ0n) is 3.96. The van der Waals surface area contributed by atoms with E-state index in [-0.39, 0.29) is 5.92 Å². The molecular weight excluding hydrogens is 86.1 g/mol. The second-order valence-corrected chi connectivity index (χ2v) is 1.59. The largest absolute Gasteiger partial charge is 0.198 e. The first-order valence-corrected chi connectivity index (χ1v) is 2.33. The molecule has 0 fully saturated rings. The molecule has 0 saturated heterocycles. The van der Waals surface area contributed by atoms with Gasteiger partial charge >= 0.3 is 0 Å². The number of nitriles is 1. The summed E-state index contributed by atoms with van der Waals surface area (Å²) in [7, 11) is 0. The zero-order chi connectivity index (χ0) is 5.11. The topological polar surface area (TPSA) is 23.8 Å². The minimum absolute atomic E-state index is 0.167. The van der Waals surface area contributed by atoms with E-state index in [0.717, 1.165) is 6.42 Å². The van der Waals surface area contributed by atoms with Crippen LogP contribution in [0.25, 0.3) is 0 Å². The van der Waals surface area contributed by atoms with Gasteiger partial charge in [0, 0.05) is 6.42 Å².